The van der Waals surface area contributed by atoms with Crippen molar-refractivity contribution in [3.05, 3.63) is 27.7 Å². The third kappa shape index (κ3) is 2.24. The number of rotatable bonds is 2. The summed E-state index contributed by atoms with van der Waals surface area (Å²) in [6.45, 7) is 0. The highest BCUT2D eigenvalue weighted by atomic mass is 79.9. The third-order valence-corrected chi connectivity index (χ3v) is 2.33. The van der Waals surface area contributed by atoms with Crippen LogP contribution in [0.5, 0.6) is 0 Å². The van der Waals surface area contributed by atoms with E-state index >= 15 is 0 Å². The van der Waals surface area contributed by atoms with Gasteiger partial charge in [0.2, 0.25) is 5.95 Å². The number of aromatic nitrogens is 1. The van der Waals surface area contributed by atoms with Crippen molar-refractivity contribution in [3.8, 4) is 0 Å². The molecular weight excluding hydrogens is 286 g/mol. The van der Waals surface area contributed by atoms with Gasteiger partial charge >= 0.3 is 0 Å². The van der Waals surface area contributed by atoms with Crippen LogP contribution in [0.1, 0.15) is 22.5 Å². The Labute approximate surface area is 90.2 Å². The summed E-state index contributed by atoms with van der Waals surface area (Å²) in [7, 11) is 0. The minimum Gasteiger partial charge on any atom is -0.276 e. The number of nitrogens with zero attached hydrogens (tertiary/aromatic N) is 1. The zero-order valence-corrected chi connectivity index (χ0v) is 8.74. The molecule has 0 N–H and O–H groups in total. The van der Waals surface area contributed by atoms with Crippen molar-refractivity contribution >= 4 is 32.8 Å². The molecule has 1 aromatic heterocycles. The van der Waals surface area contributed by atoms with Crippen LogP contribution in [0.15, 0.2) is 10.5 Å². The van der Waals surface area contributed by atoms with Crippen molar-refractivity contribution in [2.45, 2.75) is 6.43 Å². The lowest BCUT2D eigenvalue weighted by Gasteiger charge is -2.03. The van der Waals surface area contributed by atoms with Crippen LogP contribution >= 0.6 is 27.5 Å². The van der Waals surface area contributed by atoms with E-state index < -0.39 is 23.3 Å². The van der Waals surface area contributed by atoms with Crippen LogP contribution in [0.2, 0.25) is 0 Å². The quantitative estimate of drug-likeness (QED) is 0.617. The number of hydrogen-bond acceptors (Lipinski definition) is 2. The van der Waals surface area contributed by atoms with E-state index in [1.807, 2.05) is 0 Å². The maximum absolute atomic E-state index is 12.9. The van der Waals surface area contributed by atoms with Crippen LogP contribution in [0.3, 0.4) is 0 Å². The van der Waals surface area contributed by atoms with Gasteiger partial charge in [0.05, 0.1) is 10.0 Å². The van der Waals surface area contributed by atoms with E-state index in [1.54, 1.807) is 0 Å². The first kappa shape index (κ1) is 11.5. The molecule has 0 unspecified atom stereocenters. The smallest absolute Gasteiger partial charge is 0.276 e. The Morgan fingerprint density at radius 3 is 2.57 bits per heavy atom. The normalized spacial score (nSPS) is 10.7. The maximum atomic E-state index is 12.9. The molecule has 76 valence electrons. The predicted octanol–water partition coefficient (Wildman–Crippen LogP) is 3.30. The molecule has 0 aliphatic carbocycles. The molecule has 0 bridgehead atoms. The van der Waals surface area contributed by atoms with Crippen LogP contribution < -0.4 is 0 Å². The molecule has 0 radical (unpaired) electrons. The fourth-order valence-electron chi connectivity index (χ4n) is 0.772. The SMILES string of the molecule is O=C(Cl)c1cc(C(F)F)nc(F)c1Br. The van der Waals surface area contributed by atoms with Gasteiger partial charge < -0.3 is 0 Å². The summed E-state index contributed by atoms with van der Waals surface area (Å²) in [5.74, 6) is -1.19. The van der Waals surface area contributed by atoms with Gasteiger partial charge in [-0.05, 0) is 33.6 Å². The molecule has 1 aromatic rings. The minimum absolute atomic E-state index is 0.318. The molecule has 0 aliphatic rings. The summed E-state index contributed by atoms with van der Waals surface area (Å²) >= 11 is 7.73. The third-order valence-electron chi connectivity index (χ3n) is 1.37. The number of alkyl halides is 2. The van der Waals surface area contributed by atoms with Crippen LogP contribution in [0.25, 0.3) is 0 Å². The fraction of sp³-hybridized carbons (Fsp3) is 0.143. The van der Waals surface area contributed by atoms with Crippen LogP contribution in [0.4, 0.5) is 13.2 Å². The fourth-order valence-corrected chi connectivity index (χ4v) is 1.42. The molecular formula is C7H2BrClF3NO. The molecule has 0 saturated heterocycles. The highest BCUT2D eigenvalue weighted by Crippen LogP contribution is 2.26. The monoisotopic (exact) mass is 287 g/mol. The summed E-state index contributed by atoms with van der Waals surface area (Å²) in [6.07, 6.45) is -2.95. The first-order chi connectivity index (χ1) is 6.43. The Kier molecular flexibility index (Phi) is 3.49. The number of halogens is 5. The second-order valence-electron chi connectivity index (χ2n) is 2.27. The van der Waals surface area contributed by atoms with Crippen LogP contribution in [0, 0.1) is 5.95 Å². The molecule has 14 heavy (non-hydrogen) atoms. The molecule has 0 aliphatic heterocycles. The standard InChI is InChI=1S/C7H2BrClF3NO/c8-4-2(5(9)14)1-3(6(10)11)13-7(4)12/h1,6H. The lowest BCUT2D eigenvalue weighted by molar-refractivity contribution is 0.107. The Morgan fingerprint density at radius 2 is 2.14 bits per heavy atom. The van der Waals surface area contributed by atoms with Crippen molar-refractivity contribution < 1.29 is 18.0 Å². The average Bonchev–Trinajstić information content (AvgIpc) is 2.08. The Bertz CT molecular complexity index is 385. The zero-order valence-electron chi connectivity index (χ0n) is 6.40. The van der Waals surface area contributed by atoms with E-state index in [1.165, 1.54) is 0 Å². The Hall–Kier alpha value is -0.620. The average molecular weight is 288 g/mol. The Morgan fingerprint density at radius 1 is 1.57 bits per heavy atom. The van der Waals surface area contributed by atoms with Crippen LogP contribution in [-0.2, 0) is 0 Å². The molecule has 0 saturated carbocycles. The van der Waals surface area contributed by atoms with E-state index in [0.717, 1.165) is 6.07 Å². The van der Waals surface area contributed by atoms with E-state index in [-0.39, 0.29) is 10.0 Å². The van der Waals surface area contributed by atoms with Gasteiger partial charge in [-0.1, -0.05) is 0 Å². The first-order valence-electron chi connectivity index (χ1n) is 3.27. The van der Waals surface area contributed by atoms with E-state index in [4.69, 9.17) is 11.6 Å². The lowest BCUT2D eigenvalue weighted by Crippen LogP contribution is -2.01. The van der Waals surface area contributed by atoms with Gasteiger partial charge in [-0.2, -0.15) is 4.39 Å². The lowest BCUT2D eigenvalue weighted by atomic mass is 10.2. The highest BCUT2D eigenvalue weighted by Gasteiger charge is 2.19. The second-order valence-corrected chi connectivity index (χ2v) is 3.41. The van der Waals surface area contributed by atoms with Crippen molar-refractivity contribution in [3.63, 3.8) is 0 Å². The van der Waals surface area contributed by atoms with Crippen LogP contribution in [-0.4, -0.2) is 10.2 Å². The van der Waals surface area contributed by atoms with Gasteiger partial charge in [0.1, 0.15) is 5.69 Å². The molecule has 1 rings (SSSR count). The van der Waals surface area contributed by atoms with E-state index in [2.05, 4.69) is 20.9 Å². The molecule has 0 amide bonds. The molecule has 0 aromatic carbocycles. The number of hydrogen-bond donors (Lipinski definition) is 0. The van der Waals surface area contributed by atoms with Crippen molar-refractivity contribution in [1.82, 2.24) is 4.98 Å². The summed E-state index contributed by atoms with van der Waals surface area (Å²) < 4.78 is 36.8. The molecule has 1 heterocycles. The minimum atomic E-state index is -2.95. The summed E-state index contributed by atoms with van der Waals surface area (Å²) in [4.78, 5) is 13.6. The van der Waals surface area contributed by atoms with Gasteiger partial charge in [-0.3, -0.25) is 4.79 Å². The van der Waals surface area contributed by atoms with Crippen molar-refractivity contribution in [2.24, 2.45) is 0 Å². The zero-order chi connectivity index (χ0) is 10.9. The summed E-state index contributed by atoms with van der Waals surface area (Å²) in [5, 5.41) is -1.03. The highest BCUT2D eigenvalue weighted by molar-refractivity contribution is 9.10. The van der Waals surface area contributed by atoms with Gasteiger partial charge in [0.15, 0.2) is 0 Å². The van der Waals surface area contributed by atoms with E-state index in [0.29, 0.717) is 0 Å². The number of carbonyl (C=O) groups is 1. The largest absolute Gasteiger partial charge is 0.280 e. The number of carbonyl (C=O) groups excluding carboxylic acids is 1. The predicted molar refractivity (Wildman–Crippen MR) is 47.0 cm³/mol. The summed E-state index contributed by atoms with van der Waals surface area (Å²) in [6, 6.07) is 0.743. The van der Waals surface area contributed by atoms with Gasteiger partial charge in [0.25, 0.3) is 11.7 Å². The van der Waals surface area contributed by atoms with Gasteiger partial charge in [-0.15, -0.1) is 0 Å². The van der Waals surface area contributed by atoms with Gasteiger partial charge in [0, 0.05) is 0 Å². The maximum Gasteiger partial charge on any atom is 0.280 e. The summed E-state index contributed by atoms with van der Waals surface area (Å²) in [5.41, 5.74) is -1.19. The molecule has 2 nitrogen and oxygen atoms in total. The molecule has 0 spiro atoms. The molecule has 0 atom stereocenters. The second kappa shape index (κ2) is 4.27. The first-order valence-corrected chi connectivity index (χ1v) is 4.44. The Balaban J connectivity index is 3.35. The van der Waals surface area contributed by atoms with Crippen molar-refractivity contribution in [1.29, 1.82) is 0 Å². The number of pyridine rings is 1. The van der Waals surface area contributed by atoms with Crippen molar-refractivity contribution in [2.75, 3.05) is 0 Å². The van der Waals surface area contributed by atoms with Gasteiger partial charge in [-0.25, -0.2) is 13.8 Å². The topological polar surface area (TPSA) is 30.0 Å². The van der Waals surface area contributed by atoms with E-state index in [9.17, 15) is 18.0 Å². The molecule has 7 heteroatoms. The molecule has 0 fully saturated rings.